The number of benzene rings is 8. The second-order valence-electron chi connectivity index (χ2n) is 21.1. The van der Waals surface area contributed by atoms with Gasteiger partial charge in [-0.15, -0.1) is 0 Å². The number of hydrogen-bond donors (Lipinski definition) is 1. The topological polar surface area (TPSA) is 18.5 Å². The molecule has 8 aromatic rings. The first-order chi connectivity index (χ1) is 42.6. The van der Waals surface area contributed by atoms with E-state index in [1.807, 2.05) is 72.3 Å². The highest BCUT2D eigenvalue weighted by atomic mass is 127. The quantitative estimate of drug-likeness (QED) is 0.0355. The molecule has 3 nitrogen and oxygen atoms in total. The summed E-state index contributed by atoms with van der Waals surface area (Å²) in [5.41, 5.74) is 6.12. The van der Waals surface area contributed by atoms with E-state index in [9.17, 15) is 35.1 Å². The fourth-order valence-electron chi connectivity index (χ4n) is 11.0. The van der Waals surface area contributed by atoms with Gasteiger partial charge in [0.15, 0.2) is 0 Å². The van der Waals surface area contributed by atoms with Crippen molar-refractivity contribution in [2.24, 2.45) is 0 Å². The van der Waals surface area contributed by atoms with Crippen molar-refractivity contribution >= 4 is 73.0 Å². The Bertz CT molecular complexity index is 3000. The first-order valence-electron chi connectivity index (χ1n) is 30.7. The average Bonchev–Trinajstić information content (AvgIpc) is 3.81. The Hall–Kier alpha value is -4.47. The van der Waals surface area contributed by atoms with Crippen LogP contribution in [0.2, 0.25) is 0 Å². The molecule has 2 saturated heterocycles. The van der Waals surface area contributed by atoms with E-state index in [4.69, 9.17) is 0 Å². The van der Waals surface area contributed by atoms with E-state index in [2.05, 4.69) is 134 Å². The lowest BCUT2D eigenvalue weighted by Gasteiger charge is -2.42. The normalized spacial score (nSPS) is 16.5. The minimum absolute atomic E-state index is 0.186. The lowest BCUT2D eigenvalue weighted by Crippen LogP contribution is -2.29. The highest BCUT2D eigenvalue weighted by Crippen LogP contribution is 2.76. The summed E-state index contributed by atoms with van der Waals surface area (Å²) in [6.07, 6.45) is 8.89. The fraction of sp³-hybridized carbons (Fsp3) is 0.333. The zero-order chi connectivity index (χ0) is 63.5. The number of unbranched alkanes of at least 4 members (excludes halogenated alkanes) is 2. The molecule has 2 fully saturated rings. The summed E-state index contributed by atoms with van der Waals surface area (Å²) in [6.45, 7) is 20.3. The molecule has 1 N–H and O–H groups in total. The second-order valence-corrected chi connectivity index (χ2v) is 32.9. The van der Waals surface area contributed by atoms with Crippen LogP contribution in [0.3, 0.4) is 0 Å². The Balaban J connectivity index is 0.000000212. The summed E-state index contributed by atoms with van der Waals surface area (Å²) in [4.78, 5) is 2.38. The van der Waals surface area contributed by atoms with Crippen LogP contribution in [-0.4, -0.2) is 42.1 Å². The van der Waals surface area contributed by atoms with Crippen molar-refractivity contribution in [2.45, 2.75) is 122 Å². The highest BCUT2D eigenvalue weighted by Gasteiger charge is 2.44. The van der Waals surface area contributed by atoms with Gasteiger partial charge in [0.05, 0.1) is 0 Å². The van der Waals surface area contributed by atoms with E-state index in [-0.39, 0.29) is 19.4 Å². The van der Waals surface area contributed by atoms with E-state index in [0.29, 0.717) is 39.1 Å². The predicted molar refractivity (Wildman–Crippen MR) is 370 cm³/mol. The molecule has 0 amide bonds. The van der Waals surface area contributed by atoms with Crippen molar-refractivity contribution in [3.8, 4) is 0 Å². The van der Waals surface area contributed by atoms with Gasteiger partial charge < -0.3 is 4.90 Å². The third-order valence-corrected chi connectivity index (χ3v) is 29.4. The van der Waals surface area contributed by atoms with Gasteiger partial charge in [-0.2, -0.15) is 0 Å². The third-order valence-electron chi connectivity index (χ3n) is 15.2. The molecule has 0 spiro atoms. The zero-order valence-corrected chi connectivity index (χ0v) is 57.3. The number of hydrogen-bond acceptors (Lipinski definition) is 3. The maximum atomic E-state index is 14.6. The monoisotopic (exact) mass is 1390 g/mol. The van der Waals surface area contributed by atoms with Crippen LogP contribution in [-0.2, 0) is 0 Å². The Kier molecular flexibility index (Phi) is 31.7. The van der Waals surface area contributed by atoms with Gasteiger partial charge >= 0.3 is 0 Å². The Morgan fingerprint density at radius 2 is 0.693 bits per heavy atom. The molecule has 88 heavy (non-hydrogen) atoms. The van der Waals surface area contributed by atoms with Crippen LogP contribution >= 0.6 is 51.8 Å². The van der Waals surface area contributed by atoms with E-state index < -0.39 is 68.2 Å². The van der Waals surface area contributed by atoms with E-state index in [0.717, 1.165) is 56.5 Å². The van der Waals surface area contributed by atoms with Gasteiger partial charge in [-0.1, -0.05) is 183 Å². The molecule has 4 atom stereocenters. The van der Waals surface area contributed by atoms with Crippen molar-refractivity contribution in [1.29, 1.82) is 0 Å². The van der Waals surface area contributed by atoms with Gasteiger partial charge in [-0.25, -0.2) is 35.1 Å². The molecular formula is C72H84F8IN3P4. The molecule has 0 saturated carbocycles. The van der Waals surface area contributed by atoms with E-state index in [1.165, 1.54) is 116 Å². The zero-order valence-electron chi connectivity index (χ0n) is 51.6. The second kappa shape index (κ2) is 38.4. The van der Waals surface area contributed by atoms with Crippen LogP contribution in [0.4, 0.5) is 35.1 Å². The molecule has 10 rings (SSSR count). The molecule has 0 unspecified atom stereocenters. The highest BCUT2D eigenvalue weighted by molar-refractivity contribution is 14.2. The molecule has 2 aliphatic heterocycles. The van der Waals surface area contributed by atoms with Crippen LogP contribution in [0.15, 0.2) is 194 Å². The summed E-state index contributed by atoms with van der Waals surface area (Å²) in [5.74, 6) is -5.58. The Labute approximate surface area is 537 Å². The fourth-order valence-corrected chi connectivity index (χ4v) is 24.6. The van der Waals surface area contributed by atoms with Gasteiger partial charge in [-0.3, -0.25) is 9.53 Å². The van der Waals surface area contributed by atoms with Crippen LogP contribution in [0.5, 0.6) is 0 Å². The summed E-state index contributed by atoms with van der Waals surface area (Å²) in [5, 5.41) is 5.56. The number of nitrogens with zero attached hydrogens (tertiary/aromatic N) is 2. The molecule has 8 aromatic carbocycles. The van der Waals surface area contributed by atoms with Gasteiger partial charge in [0, 0.05) is 77.7 Å². The van der Waals surface area contributed by atoms with Gasteiger partial charge in [0.25, 0.3) is 0 Å². The molecule has 2 heterocycles. The summed E-state index contributed by atoms with van der Waals surface area (Å²) in [7, 11) is -2.77. The minimum Gasteiger partial charge on any atom is -0.304 e. The largest absolute Gasteiger partial charge is 0.304 e. The van der Waals surface area contributed by atoms with Crippen molar-refractivity contribution in [2.75, 3.05) is 32.7 Å². The molecule has 0 radical (unpaired) electrons. The van der Waals surface area contributed by atoms with Gasteiger partial charge in [-0.05, 0) is 184 Å². The summed E-state index contributed by atoms with van der Waals surface area (Å²) < 4.78 is 113. The summed E-state index contributed by atoms with van der Waals surface area (Å²) >= 11 is 1.94. The van der Waals surface area contributed by atoms with Gasteiger partial charge in [0.2, 0.25) is 0 Å². The molecule has 0 aromatic heterocycles. The van der Waals surface area contributed by atoms with Crippen molar-refractivity contribution < 1.29 is 35.1 Å². The average molecular weight is 1390 g/mol. The molecule has 2 aliphatic rings. The maximum Gasteiger partial charge on any atom is 0.126 e. The van der Waals surface area contributed by atoms with Crippen molar-refractivity contribution in [1.82, 2.24) is 14.4 Å². The number of nitrogens with one attached hydrogen (secondary N) is 1. The van der Waals surface area contributed by atoms with Crippen LogP contribution in [0.1, 0.15) is 145 Å². The smallest absolute Gasteiger partial charge is 0.126 e. The SMILES string of the molecule is CC.CCCCN(P(c1cc(F)cc(F)c1)c1cc(F)cc(F)c1)P1[C@@H](c2ccccc2)CC[C@@H]1c1ccccc1.CCCCNP1[C@H](c2ccccc2)CC[C@H]1c1ccccc1.CCN(CC)CC.Fc1cc(F)cc(P(I)c2cc(F)cc(F)c2)c1. The van der Waals surface area contributed by atoms with Crippen LogP contribution in [0.25, 0.3) is 0 Å². The molecule has 16 heteroatoms. The molecule has 470 valence electrons. The van der Waals surface area contributed by atoms with E-state index in [1.54, 1.807) is 0 Å². The number of rotatable bonds is 20. The lowest BCUT2D eigenvalue weighted by atomic mass is 10.0. The standard InChI is InChI=1S/C32H31F4NP2.C20H26NP.C12H6F4IP.C6H15N.C2H6/c1-2-3-16-37(38(29-19-25(33)17-26(34)20-29)30-21-27(35)18-28(36)22-30)39-31(23-10-6-4-7-11-23)14-15-32(39)24-12-8-5-9-13-24;1-2-3-16-21-22-19(17-10-6-4-7-11-17)14-15-20(22)18-12-8-5-9-13-18;13-7-1-8(14)4-11(3-7)18(17)12-5-9(15)2-10(16)6-12;1-4-7(5-2)6-3;1-2/h4-13,17-22,31-32H,2-3,14-16H2,1H3;4-13,19-21H,2-3,14-16H2,1H3;1-6H;4-6H2,1-3H3;1-2H3/t31-,32-;19-,20-;;;/m10.../s1. The van der Waals surface area contributed by atoms with Crippen LogP contribution < -0.4 is 26.3 Å². The Morgan fingerprint density at radius 1 is 0.409 bits per heavy atom. The predicted octanol–water partition coefficient (Wildman–Crippen LogP) is 21.8. The minimum atomic E-state index is -1.63. The molecule has 0 aliphatic carbocycles. The molecule has 0 bridgehead atoms. The first-order valence-corrected chi connectivity index (χ1v) is 39.1. The van der Waals surface area contributed by atoms with Crippen molar-refractivity contribution in [3.05, 3.63) is 263 Å². The summed E-state index contributed by atoms with van der Waals surface area (Å²) in [6, 6.07) is 56.2. The maximum absolute atomic E-state index is 14.6. The lowest BCUT2D eigenvalue weighted by molar-refractivity contribution is 0.321. The van der Waals surface area contributed by atoms with Crippen LogP contribution in [0, 0.1) is 46.5 Å². The first kappa shape index (κ1) is 72.6. The van der Waals surface area contributed by atoms with Gasteiger partial charge in [0.1, 0.15) is 46.5 Å². The molecular weight excluding hydrogens is 1310 g/mol. The number of halogens is 9. The third kappa shape index (κ3) is 21.6. The Morgan fingerprint density at radius 3 is 0.977 bits per heavy atom. The van der Waals surface area contributed by atoms with E-state index >= 15 is 0 Å². The van der Waals surface area contributed by atoms with Crippen molar-refractivity contribution in [3.63, 3.8) is 0 Å².